The van der Waals surface area contributed by atoms with E-state index >= 15 is 0 Å². The maximum atomic E-state index is 13.6. The predicted molar refractivity (Wildman–Crippen MR) is 135 cm³/mol. The fourth-order valence-electron chi connectivity index (χ4n) is 5.10. The lowest BCUT2D eigenvalue weighted by molar-refractivity contribution is -0.136. The molecule has 1 aliphatic carbocycles. The molecule has 0 spiro atoms. The zero-order valence-electron chi connectivity index (χ0n) is 19.7. The highest BCUT2D eigenvalue weighted by Gasteiger charge is 2.44. The Morgan fingerprint density at radius 2 is 1.51 bits per heavy atom. The summed E-state index contributed by atoms with van der Waals surface area (Å²) in [4.78, 5) is 42.0. The highest BCUT2D eigenvalue weighted by Crippen LogP contribution is 2.43. The summed E-state index contributed by atoms with van der Waals surface area (Å²) < 4.78 is 0. The Labute approximate surface area is 205 Å². The Bertz CT molecular complexity index is 1280. The van der Waals surface area contributed by atoms with Crippen LogP contribution in [0.1, 0.15) is 41.9 Å². The summed E-state index contributed by atoms with van der Waals surface area (Å²) in [5.41, 5.74) is 5.01. The Kier molecular flexibility index (Phi) is 6.32. The molecule has 0 bridgehead atoms. The summed E-state index contributed by atoms with van der Waals surface area (Å²) in [7, 11) is 0. The molecular formula is C30H28N2O3. The van der Waals surface area contributed by atoms with E-state index in [1.54, 1.807) is 4.90 Å². The Morgan fingerprint density at radius 1 is 0.857 bits per heavy atom. The van der Waals surface area contributed by atoms with Gasteiger partial charge >= 0.3 is 0 Å². The molecule has 3 aromatic rings. The summed E-state index contributed by atoms with van der Waals surface area (Å²) in [5.74, 6) is -1.28. The maximum Gasteiger partial charge on any atom is 0.232 e. The predicted octanol–water partition coefficient (Wildman–Crippen LogP) is 5.38. The van der Waals surface area contributed by atoms with Crippen LogP contribution in [0.5, 0.6) is 0 Å². The fraction of sp³-hybridized carbons (Fsp3) is 0.233. The second kappa shape index (κ2) is 9.71. The summed E-state index contributed by atoms with van der Waals surface area (Å²) >= 11 is 0. The number of nitrogens with one attached hydrogen (secondary N) is 1. The maximum absolute atomic E-state index is 13.6. The van der Waals surface area contributed by atoms with Crippen molar-refractivity contribution in [2.45, 2.75) is 38.6 Å². The first kappa shape index (κ1) is 22.8. The van der Waals surface area contributed by atoms with Crippen LogP contribution in [0.4, 0.5) is 5.69 Å². The molecule has 1 heterocycles. The molecule has 0 unspecified atom stereocenters. The van der Waals surface area contributed by atoms with Gasteiger partial charge in [-0.25, -0.2) is 0 Å². The van der Waals surface area contributed by atoms with Crippen LogP contribution in [0.2, 0.25) is 0 Å². The number of hydrogen-bond acceptors (Lipinski definition) is 3. The van der Waals surface area contributed by atoms with Gasteiger partial charge < -0.3 is 10.2 Å². The molecular weight excluding hydrogens is 436 g/mol. The van der Waals surface area contributed by atoms with Crippen molar-refractivity contribution in [3.63, 3.8) is 0 Å². The van der Waals surface area contributed by atoms with Crippen LogP contribution in [0, 0.1) is 12.8 Å². The number of amides is 2. The Morgan fingerprint density at radius 3 is 2.20 bits per heavy atom. The molecule has 0 radical (unpaired) electrons. The minimum Gasteiger partial charge on any atom is -0.326 e. The van der Waals surface area contributed by atoms with Gasteiger partial charge in [0, 0.05) is 29.8 Å². The normalized spacial score (nSPS) is 20.0. The first-order valence-corrected chi connectivity index (χ1v) is 12.0. The standard InChI is InChI=1S/C30H28N2O3/c1-20-12-14-24(15-13-20)31-30(35)25-18-28(34)32(19-21-8-4-2-5-9-21)26-16-23(17-27(33)29(25)26)22-10-6-3-7-11-22/h2-15,23,25H,16-19H2,1H3,(H,31,35)/t23-,25-/m0/s1. The van der Waals surface area contributed by atoms with Crippen molar-refractivity contribution >= 4 is 23.3 Å². The average Bonchev–Trinajstić information content (AvgIpc) is 2.88. The number of carbonyl (C=O) groups excluding carboxylic acids is 3. The van der Waals surface area contributed by atoms with Gasteiger partial charge in [-0.05, 0) is 42.5 Å². The molecule has 1 N–H and O–H groups in total. The zero-order chi connectivity index (χ0) is 24.4. The van der Waals surface area contributed by atoms with E-state index in [0.717, 1.165) is 16.7 Å². The van der Waals surface area contributed by atoms with Gasteiger partial charge in [0.05, 0.1) is 12.5 Å². The number of rotatable bonds is 5. The van der Waals surface area contributed by atoms with E-state index in [1.165, 1.54) is 0 Å². The van der Waals surface area contributed by atoms with Crippen molar-refractivity contribution in [2.24, 2.45) is 5.92 Å². The van der Waals surface area contributed by atoms with Gasteiger partial charge in [-0.1, -0.05) is 78.4 Å². The molecule has 3 aromatic carbocycles. The molecule has 5 nitrogen and oxygen atoms in total. The smallest absolute Gasteiger partial charge is 0.232 e. The minimum absolute atomic E-state index is 0.00882. The lowest BCUT2D eigenvalue weighted by atomic mass is 9.74. The van der Waals surface area contributed by atoms with Crippen LogP contribution < -0.4 is 5.32 Å². The van der Waals surface area contributed by atoms with E-state index < -0.39 is 5.92 Å². The van der Waals surface area contributed by atoms with Crippen molar-refractivity contribution < 1.29 is 14.4 Å². The highest BCUT2D eigenvalue weighted by molar-refractivity contribution is 6.09. The summed E-state index contributed by atoms with van der Waals surface area (Å²) in [6, 6.07) is 27.2. The largest absolute Gasteiger partial charge is 0.326 e. The van der Waals surface area contributed by atoms with Gasteiger partial charge in [0.15, 0.2) is 5.78 Å². The van der Waals surface area contributed by atoms with E-state index in [-0.39, 0.29) is 29.9 Å². The van der Waals surface area contributed by atoms with E-state index in [4.69, 9.17) is 0 Å². The number of carbonyl (C=O) groups is 3. The third-order valence-corrected chi connectivity index (χ3v) is 6.93. The van der Waals surface area contributed by atoms with E-state index in [9.17, 15) is 14.4 Å². The van der Waals surface area contributed by atoms with Crippen LogP contribution in [0.15, 0.2) is 96.2 Å². The van der Waals surface area contributed by atoms with Crippen LogP contribution in [0.25, 0.3) is 0 Å². The van der Waals surface area contributed by atoms with Gasteiger partial charge in [-0.3, -0.25) is 14.4 Å². The number of benzene rings is 3. The van der Waals surface area contributed by atoms with Crippen molar-refractivity contribution in [3.05, 3.63) is 113 Å². The summed E-state index contributed by atoms with van der Waals surface area (Å²) in [6.45, 7) is 2.37. The van der Waals surface area contributed by atoms with Crippen molar-refractivity contribution in [1.29, 1.82) is 0 Å². The quantitative estimate of drug-likeness (QED) is 0.551. The third kappa shape index (κ3) is 4.80. The molecule has 1 aliphatic heterocycles. The number of anilines is 1. The number of hydrogen-bond donors (Lipinski definition) is 1. The topological polar surface area (TPSA) is 66.5 Å². The molecule has 2 amide bonds. The molecule has 5 heteroatoms. The number of allylic oxidation sites excluding steroid dienone is 1. The second-order valence-electron chi connectivity index (χ2n) is 9.38. The zero-order valence-corrected chi connectivity index (χ0v) is 19.7. The molecule has 0 saturated carbocycles. The van der Waals surface area contributed by atoms with Gasteiger partial charge in [0.2, 0.25) is 11.8 Å². The van der Waals surface area contributed by atoms with Gasteiger partial charge in [-0.15, -0.1) is 0 Å². The lowest BCUT2D eigenvalue weighted by Gasteiger charge is -2.40. The minimum atomic E-state index is -0.782. The van der Waals surface area contributed by atoms with Crippen molar-refractivity contribution in [1.82, 2.24) is 4.90 Å². The Balaban J connectivity index is 1.51. The summed E-state index contributed by atoms with van der Waals surface area (Å²) in [5, 5.41) is 2.92. The van der Waals surface area contributed by atoms with Crippen molar-refractivity contribution in [3.8, 4) is 0 Å². The molecule has 2 aliphatic rings. The van der Waals surface area contributed by atoms with Gasteiger partial charge in [-0.2, -0.15) is 0 Å². The SMILES string of the molecule is Cc1ccc(NC(=O)[C@H]2CC(=O)N(Cc3ccccc3)C3=C2C(=O)C[C@@H](c2ccccc2)C3)cc1. The van der Waals surface area contributed by atoms with E-state index in [1.807, 2.05) is 91.9 Å². The number of Topliss-reactive ketones (excluding diaryl/α,β-unsaturated/α-hetero) is 1. The molecule has 2 atom stereocenters. The molecule has 0 saturated heterocycles. The van der Waals surface area contributed by atoms with Gasteiger partial charge in [0.1, 0.15) is 0 Å². The highest BCUT2D eigenvalue weighted by atomic mass is 16.2. The van der Waals surface area contributed by atoms with Gasteiger partial charge in [0.25, 0.3) is 0 Å². The third-order valence-electron chi connectivity index (χ3n) is 6.93. The number of ketones is 1. The molecule has 176 valence electrons. The van der Waals surface area contributed by atoms with Crippen LogP contribution >= 0.6 is 0 Å². The van der Waals surface area contributed by atoms with Crippen LogP contribution in [-0.4, -0.2) is 22.5 Å². The second-order valence-corrected chi connectivity index (χ2v) is 9.38. The molecule has 0 fully saturated rings. The number of nitrogens with zero attached hydrogens (tertiary/aromatic N) is 1. The first-order chi connectivity index (χ1) is 17.0. The monoisotopic (exact) mass is 464 g/mol. The average molecular weight is 465 g/mol. The van der Waals surface area contributed by atoms with Crippen LogP contribution in [0.3, 0.4) is 0 Å². The summed E-state index contributed by atoms with van der Waals surface area (Å²) in [6.07, 6.45) is 0.883. The number of aryl methyl sites for hydroxylation is 1. The first-order valence-electron chi connectivity index (χ1n) is 12.0. The van der Waals surface area contributed by atoms with Crippen molar-refractivity contribution in [2.75, 3.05) is 5.32 Å². The van der Waals surface area contributed by atoms with E-state index in [2.05, 4.69) is 5.32 Å². The molecule has 0 aromatic heterocycles. The van der Waals surface area contributed by atoms with Crippen LogP contribution in [-0.2, 0) is 20.9 Å². The molecule has 35 heavy (non-hydrogen) atoms. The molecule has 5 rings (SSSR count). The lowest BCUT2D eigenvalue weighted by Crippen LogP contribution is -2.45. The fourth-order valence-corrected chi connectivity index (χ4v) is 5.10. The Hall–Kier alpha value is -3.99. The van der Waals surface area contributed by atoms with E-state index in [0.29, 0.717) is 36.3 Å².